The molecule has 2 aliphatic rings. The van der Waals surface area contributed by atoms with Crippen molar-refractivity contribution >= 4 is 0 Å². The van der Waals surface area contributed by atoms with Crippen LogP contribution in [0, 0.1) is 17.3 Å². The van der Waals surface area contributed by atoms with Crippen molar-refractivity contribution in [2.45, 2.75) is 52.5 Å². The summed E-state index contributed by atoms with van der Waals surface area (Å²) in [5.41, 5.74) is 0.641. The minimum Gasteiger partial charge on any atom is -0.314 e. The van der Waals surface area contributed by atoms with Gasteiger partial charge in [-0.2, -0.15) is 0 Å². The molecule has 0 amide bonds. The van der Waals surface area contributed by atoms with Gasteiger partial charge in [-0.1, -0.05) is 27.2 Å². The largest absolute Gasteiger partial charge is 0.314 e. The maximum atomic E-state index is 3.70. The topological polar surface area (TPSA) is 12.0 Å². The summed E-state index contributed by atoms with van der Waals surface area (Å²) in [4.78, 5) is 0. The zero-order valence-electron chi connectivity index (χ0n) is 9.27. The third-order valence-electron chi connectivity index (χ3n) is 4.12. The Morgan fingerprint density at radius 3 is 2.31 bits per heavy atom. The molecule has 2 aliphatic carbocycles. The molecule has 0 aromatic heterocycles. The van der Waals surface area contributed by atoms with E-state index in [0.29, 0.717) is 5.41 Å². The van der Waals surface area contributed by atoms with E-state index in [4.69, 9.17) is 0 Å². The van der Waals surface area contributed by atoms with Gasteiger partial charge in [0.05, 0.1) is 0 Å². The molecule has 2 fully saturated rings. The Kier molecular flexibility index (Phi) is 2.39. The normalized spacial score (nSPS) is 33.9. The summed E-state index contributed by atoms with van der Waals surface area (Å²) in [5, 5.41) is 3.70. The summed E-state index contributed by atoms with van der Waals surface area (Å²) < 4.78 is 0. The van der Waals surface area contributed by atoms with Crippen molar-refractivity contribution in [1.82, 2.24) is 5.32 Å². The van der Waals surface area contributed by atoms with Crippen LogP contribution in [0.2, 0.25) is 0 Å². The van der Waals surface area contributed by atoms with Gasteiger partial charge in [-0.25, -0.2) is 0 Å². The van der Waals surface area contributed by atoms with Gasteiger partial charge >= 0.3 is 0 Å². The Morgan fingerprint density at radius 1 is 1.38 bits per heavy atom. The minimum atomic E-state index is 0.641. The van der Waals surface area contributed by atoms with Gasteiger partial charge in [0.15, 0.2) is 0 Å². The quantitative estimate of drug-likeness (QED) is 0.703. The summed E-state index contributed by atoms with van der Waals surface area (Å²) in [7, 11) is 0. The third-order valence-corrected chi connectivity index (χ3v) is 4.12. The van der Waals surface area contributed by atoms with E-state index >= 15 is 0 Å². The zero-order chi connectivity index (χ0) is 9.47. The lowest BCUT2D eigenvalue weighted by atomic mass is 9.77. The second-order valence-electron chi connectivity index (χ2n) is 5.57. The van der Waals surface area contributed by atoms with Gasteiger partial charge in [0, 0.05) is 6.04 Å². The van der Waals surface area contributed by atoms with Gasteiger partial charge < -0.3 is 5.32 Å². The van der Waals surface area contributed by atoms with Crippen LogP contribution in [0.3, 0.4) is 0 Å². The van der Waals surface area contributed by atoms with Crippen LogP contribution in [0.4, 0.5) is 0 Å². The summed E-state index contributed by atoms with van der Waals surface area (Å²) in [6, 6.07) is 0.841. The maximum absolute atomic E-state index is 3.70. The lowest BCUT2D eigenvalue weighted by molar-refractivity contribution is 0.199. The third kappa shape index (κ3) is 1.76. The van der Waals surface area contributed by atoms with Gasteiger partial charge in [-0.3, -0.25) is 0 Å². The molecule has 0 heterocycles. The second-order valence-corrected chi connectivity index (χ2v) is 5.57. The van der Waals surface area contributed by atoms with E-state index in [1.807, 2.05) is 0 Å². The van der Waals surface area contributed by atoms with Crippen molar-refractivity contribution in [1.29, 1.82) is 0 Å². The van der Waals surface area contributed by atoms with Crippen molar-refractivity contribution in [2.75, 3.05) is 6.54 Å². The fourth-order valence-electron chi connectivity index (χ4n) is 2.79. The first-order valence-corrected chi connectivity index (χ1v) is 5.88. The highest BCUT2D eigenvalue weighted by molar-refractivity contribution is 5.04. The Bertz CT molecular complexity index is 182. The number of hydrogen-bond donors (Lipinski definition) is 1. The molecule has 2 atom stereocenters. The Balaban J connectivity index is 1.90. The molecule has 1 N–H and O–H groups in total. The molecule has 0 bridgehead atoms. The molecule has 13 heavy (non-hydrogen) atoms. The summed E-state index contributed by atoms with van der Waals surface area (Å²) >= 11 is 0. The minimum absolute atomic E-state index is 0.641. The van der Waals surface area contributed by atoms with E-state index in [1.165, 1.54) is 25.7 Å². The average molecular weight is 181 g/mol. The molecule has 0 radical (unpaired) electrons. The number of hydrogen-bond acceptors (Lipinski definition) is 1. The van der Waals surface area contributed by atoms with Crippen LogP contribution in [-0.2, 0) is 0 Å². The van der Waals surface area contributed by atoms with Crippen LogP contribution in [0.5, 0.6) is 0 Å². The summed E-state index contributed by atoms with van der Waals surface area (Å²) in [6.45, 7) is 8.22. The van der Waals surface area contributed by atoms with Crippen LogP contribution in [0.25, 0.3) is 0 Å². The van der Waals surface area contributed by atoms with Crippen LogP contribution in [0.1, 0.15) is 46.5 Å². The van der Waals surface area contributed by atoms with E-state index in [2.05, 4.69) is 26.1 Å². The van der Waals surface area contributed by atoms with E-state index < -0.39 is 0 Å². The van der Waals surface area contributed by atoms with E-state index in [9.17, 15) is 0 Å². The SMILES string of the molecule is CCNC(C1CCC1)C1CC1(C)C. The molecular formula is C12H23N. The fourth-order valence-corrected chi connectivity index (χ4v) is 2.79. The maximum Gasteiger partial charge on any atom is 0.0129 e. The van der Waals surface area contributed by atoms with Crippen LogP contribution >= 0.6 is 0 Å². The second kappa shape index (κ2) is 3.27. The van der Waals surface area contributed by atoms with Gasteiger partial charge in [-0.15, -0.1) is 0 Å². The molecule has 76 valence electrons. The van der Waals surface area contributed by atoms with Gasteiger partial charge in [0.2, 0.25) is 0 Å². The van der Waals surface area contributed by atoms with Crippen molar-refractivity contribution in [3.8, 4) is 0 Å². The number of rotatable bonds is 4. The van der Waals surface area contributed by atoms with Gasteiger partial charge in [-0.05, 0) is 43.1 Å². The van der Waals surface area contributed by atoms with Crippen molar-refractivity contribution in [2.24, 2.45) is 17.3 Å². The molecule has 0 aromatic carbocycles. The lowest BCUT2D eigenvalue weighted by Gasteiger charge is -2.35. The van der Waals surface area contributed by atoms with E-state index in [-0.39, 0.29) is 0 Å². The molecule has 0 saturated heterocycles. The van der Waals surface area contributed by atoms with E-state index in [0.717, 1.165) is 24.4 Å². The first-order chi connectivity index (χ1) is 6.15. The highest BCUT2D eigenvalue weighted by atomic mass is 14.9. The number of nitrogens with one attached hydrogen (secondary N) is 1. The van der Waals surface area contributed by atoms with Gasteiger partial charge in [0.25, 0.3) is 0 Å². The monoisotopic (exact) mass is 181 g/mol. The molecule has 0 aliphatic heterocycles. The predicted octanol–water partition coefficient (Wildman–Crippen LogP) is 2.81. The molecular weight excluding hydrogens is 158 g/mol. The zero-order valence-corrected chi connectivity index (χ0v) is 9.27. The highest BCUT2D eigenvalue weighted by Gasteiger charge is 2.52. The average Bonchev–Trinajstić information content (AvgIpc) is 2.55. The smallest absolute Gasteiger partial charge is 0.0129 e. The van der Waals surface area contributed by atoms with E-state index in [1.54, 1.807) is 0 Å². The highest BCUT2D eigenvalue weighted by Crippen LogP contribution is 2.56. The van der Waals surface area contributed by atoms with Crippen LogP contribution in [-0.4, -0.2) is 12.6 Å². The molecule has 2 saturated carbocycles. The first kappa shape index (κ1) is 9.51. The van der Waals surface area contributed by atoms with Crippen LogP contribution in [0.15, 0.2) is 0 Å². The fraction of sp³-hybridized carbons (Fsp3) is 1.00. The first-order valence-electron chi connectivity index (χ1n) is 5.88. The summed E-state index contributed by atoms with van der Waals surface area (Å²) in [5.74, 6) is 1.98. The van der Waals surface area contributed by atoms with Crippen molar-refractivity contribution in [3.05, 3.63) is 0 Å². The molecule has 2 unspecified atom stereocenters. The Morgan fingerprint density at radius 2 is 2.00 bits per heavy atom. The Labute approximate surface area is 82.3 Å². The molecule has 1 nitrogen and oxygen atoms in total. The standard InChI is InChI=1S/C12H23N/c1-4-13-11(9-6-5-7-9)10-8-12(10,2)3/h9-11,13H,4-8H2,1-3H3. The van der Waals surface area contributed by atoms with Crippen molar-refractivity contribution < 1.29 is 0 Å². The lowest BCUT2D eigenvalue weighted by Crippen LogP contribution is -2.42. The molecule has 0 spiro atoms. The Hall–Kier alpha value is -0.0400. The molecule has 0 aromatic rings. The van der Waals surface area contributed by atoms with Crippen molar-refractivity contribution in [3.63, 3.8) is 0 Å². The van der Waals surface area contributed by atoms with Gasteiger partial charge in [0.1, 0.15) is 0 Å². The predicted molar refractivity (Wildman–Crippen MR) is 56.7 cm³/mol. The molecule has 2 rings (SSSR count). The molecule has 1 heteroatoms. The summed E-state index contributed by atoms with van der Waals surface area (Å²) in [6.07, 6.45) is 5.87. The van der Waals surface area contributed by atoms with Crippen LogP contribution < -0.4 is 5.32 Å².